The summed E-state index contributed by atoms with van der Waals surface area (Å²) in [5, 5.41) is 4.29. The number of amides is 1. The molecule has 4 rings (SSSR count). The van der Waals surface area contributed by atoms with Gasteiger partial charge in [-0.1, -0.05) is 11.6 Å². The molecule has 0 bridgehead atoms. The number of rotatable bonds is 6. The molecule has 160 valence electrons. The fraction of sp³-hybridized carbons (Fsp3) is 0.522. The third kappa shape index (κ3) is 4.44. The van der Waals surface area contributed by atoms with Gasteiger partial charge in [0.05, 0.1) is 17.0 Å². The predicted octanol–water partition coefficient (Wildman–Crippen LogP) is 3.56. The first kappa shape index (κ1) is 21.1. The Bertz CT molecular complexity index is 900. The van der Waals surface area contributed by atoms with Gasteiger partial charge < -0.3 is 15.1 Å². The molecule has 1 aromatic heterocycles. The molecule has 0 saturated carbocycles. The van der Waals surface area contributed by atoms with Crippen molar-refractivity contribution in [1.82, 2.24) is 19.8 Å². The lowest BCUT2D eigenvalue weighted by atomic mass is 10.0. The molecule has 7 heteroatoms. The molecular formula is C23H30ClN5O. The quantitative estimate of drug-likeness (QED) is 0.714. The monoisotopic (exact) mass is 427 g/mol. The molecule has 0 radical (unpaired) electrons. The first-order chi connectivity index (χ1) is 14.4. The zero-order valence-electron chi connectivity index (χ0n) is 18.0. The zero-order valence-corrected chi connectivity index (χ0v) is 18.7. The second-order valence-corrected chi connectivity index (χ2v) is 9.06. The molecular weight excluding hydrogens is 398 g/mol. The van der Waals surface area contributed by atoms with Crippen LogP contribution in [0.25, 0.3) is 0 Å². The molecule has 3 heterocycles. The van der Waals surface area contributed by atoms with Gasteiger partial charge in [0.1, 0.15) is 6.33 Å². The van der Waals surface area contributed by atoms with Crippen LogP contribution in [0.15, 0.2) is 24.5 Å². The second-order valence-electron chi connectivity index (χ2n) is 8.65. The van der Waals surface area contributed by atoms with Gasteiger partial charge >= 0.3 is 0 Å². The lowest BCUT2D eigenvalue weighted by Crippen LogP contribution is -2.34. The number of fused-ring (bicyclic) bond motifs is 1. The summed E-state index contributed by atoms with van der Waals surface area (Å²) in [5.41, 5.74) is 4.45. The number of hydrogen-bond acceptors (Lipinski definition) is 5. The molecule has 2 aliphatic heterocycles. The van der Waals surface area contributed by atoms with Crippen LogP contribution in [0.2, 0.25) is 5.02 Å². The Morgan fingerprint density at radius 3 is 2.40 bits per heavy atom. The van der Waals surface area contributed by atoms with E-state index in [0.717, 1.165) is 73.4 Å². The third-order valence-electron chi connectivity index (χ3n) is 6.43. The number of carbonyl (C=O) groups excluding carboxylic acids is 1. The van der Waals surface area contributed by atoms with Gasteiger partial charge in [0.15, 0.2) is 0 Å². The fourth-order valence-corrected chi connectivity index (χ4v) is 4.91. The summed E-state index contributed by atoms with van der Waals surface area (Å²) in [6.07, 6.45) is 2.63. The number of halogens is 1. The number of anilines is 1. The zero-order chi connectivity index (χ0) is 21.3. The van der Waals surface area contributed by atoms with Crippen molar-refractivity contribution in [3.8, 4) is 0 Å². The molecule has 2 fully saturated rings. The van der Waals surface area contributed by atoms with Gasteiger partial charge in [-0.15, -0.1) is 0 Å². The van der Waals surface area contributed by atoms with E-state index in [4.69, 9.17) is 11.6 Å². The van der Waals surface area contributed by atoms with Crippen molar-refractivity contribution in [3.63, 3.8) is 0 Å². The van der Waals surface area contributed by atoms with Gasteiger partial charge in [0, 0.05) is 43.4 Å². The van der Waals surface area contributed by atoms with E-state index >= 15 is 0 Å². The van der Waals surface area contributed by atoms with E-state index < -0.39 is 0 Å². The van der Waals surface area contributed by atoms with E-state index in [9.17, 15) is 4.79 Å². The van der Waals surface area contributed by atoms with Crippen molar-refractivity contribution >= 4 is 23.2 Å². The Morgan fingerprint density at radius 1 is 1.10 bits per heavy atom. The standard InChI is InChI=1S/C23H30ClN5O/c1-15-9-20(5-6-21(15)24)25-7-4-8-28-10-18-12-29(13-19(18)11-28)23(30)22-16(2)26-14-27-17(22)3/h5-6,9,14,18-19,25H,4,7-8,10-13H2,1-3H3. The maximum absolute atomic E-state index is 13.0. The molecule has 2 unspecified atom stereocenters. The van der Waals surface area contributed by atoms with Crippen LogP contribution < -0.4 is 5.32 Å². The van der Waals surface area contributed by atoms with Gasteiger partial charge in [-0.05, 0) is 69.3 Å². The van der Waals surface area contributed by atoms with Crippen molar-refractivity contribution in [3.05, 3.63) is 52.1 Å². The minimum Gasteiger partial charge on any atom is -0.385 e. The van der Waals surface area contributed by atoms with Crippen molar-refractivity contribution in [1.29, 1.82) is 0 Å². The Morgan fingerprint density at radius 2 is 1.77 bits per heavy atom. The maximum atomic E-state index is 13.0. The van der Waals surface area contributed by atoms with Crippen molar-refractivity contribution in [2.24, 2.45) is 11.8 Å². The van der Waals surface area contributed by atoms with E-state index in [1.807, 2.05) is 37.8 Å². The minimum absolute atomic E-state index is 0.0917. The molecule has 1 amide bonds. The summed E-state index contributed by atoms with van der Waals surface area (Å²) < 4.78 is 0. The number of benzene rings is 1. The highest BCUT2D eigenvalue weighted by Gasteiger charge is 2.41. The number of aryl methyl sites for hydroxylation is 3. The smallest absolute Gasteiger partial charge is 0.257 e. The normalized spacial score (nSPS) is 21.1. The molecule has 1 aromatic carbocycles. The van der Waals surface area contributed by atoms with E-state index in [2.05, 4.69) is 26.3 Å². The molecule has 0 spiro atoms. The van der Waals surface area contributed by atoms with Crippen LogP contribution in [0.1, 0.15) is 33.7 Å². The Balaban J connectivity index is 1.23. The van der Waals surface area contributed by atoms with Gasteiger partial charge in [0.25, 0.3) is 5.91 Å². The molecule has 2 aliphatic rings. The van der Waals surface area contributed by atoms with Crippen LogP contribution in [-0.4, -0.2) is 64.9 Å². The SMILES string of the molecule is Cc1cc(NCCCN2CC3CN(C(=O)c4c(C)ncnc4C)CC3C2)ccc1Cl. The Kier molecular flexibility index (Phi) is 6.25. The maximum Gasteiger partial charge on any atom is 0.257 e. The van der Waals surface area contributed by atoms with E-state index in [1.165, 1.54) is 6.33 Å². The predicted molar refractivity (Wildman–Crippen MR) is 120 cm³/mol. The molecule has 2 atom stereocenters. The first-order valence-electron chi connectivity index (χ1n) is 10.7. The molecule has 2 saturated heterocycles. The Labute approximate surface area is 183 Å². The topological polar surface area (TPSA) is 61.4 Å². The lowest BCUT2D eigenvalue weighted by Gasteiger charge is -2.22. The largest absolute Gasteiger partial charge is 0.385 e. The summed E-state index contributed by atoms with van der Waals surface area (Å²) in [6, 6.07) is 6.07. The summed E-state index contributed by atoms with van der Waals surface area (Å²) in [5.74, 6) is 1.24. The van der Waals surface area contributed by atoms with Gasteiger partial charge in [0.2, 0.25) is 0 Å². The van der Waals surface area contributed by atoms with Gasteiger partial charge in [-0.3, -0.25) is 4.79 Å². The summed E-state index contributed by atoms with van der Waals surface area (Å²) >= 11 is 6.09. The number of carbonyl (C=O) groups is 1. The minimum atomic E-state index is 0.0917. The van der Waals surface area contributed by atoms with Gasteiger partial charge in [-0.2, -0.15) is 0 Å². The van der Waals surface area contributed by atoms with E-state index in [0.29, 0.717) is 17.4 Å². The highest BCUT2D eigenvalue weighted by molar-refractivity contribution is 6.31. The highest BCUT2D eigenvalue weighted by Crippen LogP contribution is 2.32. The summed E-state index contributed by atoms with van der Waals surface area (Å²) in [4.78, 5) is 26.0. The lowest BCUT2D eigenvalue weighted by molar-refractivity contribution is 0.0771. The van der Waals surface area contributed by atoms with Crippen LogP contribution in [0.3, 0.4) is 0 Å². The number of likely N-dealkylation sites (tertiary alicyclic amines) is 2. The Hall–Kier alpha value is -2.18. The van der Waals surface area contributed by atoms with Crippen LogP contribution >= 0.6 is 11.6 Å². The highest BCUT2D eigenvalue weighted by atomic mass is 35.5. The van der Waals surface area contributed by atoms with Gasteiger partial charge in [-0.25, -0.2) is 9.97 Å². The third-order valence-corrected chi connectivity index (χ3v) is 6.85. The van der Waals surface area contributed by atoms with Crippen molar-refractivity contribution in [2.45, 2.75) is 27.2 Å². The molecule has 6 nitrogen and oxygen atoms in total. The number of nitrogens with one attached hydrogen (secondary N) is 1. The van der Waals surface area contributed by atoms with E-state index in [1.54, 1.807) is 0 Å². The summed E-state index contributed by atoms with van der Waals surface area (Å²) in [7, 11) is 0. The average molecular weight is 428 g/mol. The number of hydrogen-bond donors (Lipinski definition) is 1. The van der Waals surface area contributed by atoms with Crippen LogP contribution in [0.5, 0.6) is 0 Å². The number of nitrogens with zero attached hydrogens (tertiary/aromatic N) is 4. The van der Waals surface area contributed by atoms with Crippen molar-refractivity contribution in [2.75, 3.05) is 44.6 Å². The van der Waals surface area contributed by atoms with Crippen LogP contribution in [-0.2, 0) is 0 Å². The fourth-order valence-electron chi connectivity index (χ4n) is 4.79. The van der Waals surface area contributed by atoms with Crippen LogP contribution in [0.4, 0.5) is 5.69 Å². The van der Waals surface area contributed by atoms with Crippen molar-refractivity contribution < 1.29 is 4.79 Å². The second kappa shape index (κ2) is 8.90. The first-order valence-corrected chi connectivity index (χ1v) is 11.1. The van der Waals surface area contributed by atoms with E-state index in [-0.39, 0.29) is 5.91 Å². The molecule has 30 heavy (non-hydrogen) atoms. The molecule has 1 N–H and O–H groups in total. The molecule has 2 aromatic rings. The number of aromatic nitrogens is 2. The average Bonchev–Trinajstić information content (AvgIpc) is 3.26. The van der Waals surface area contributed by atoms with Crippen LogP contribution in [0, 0.1) is 32.6 Å². The molecule has 0 aliphatic carbocycles. The summed E-state index contributed by atoms with van der Waals surface area (Å²) in [6.45, 7) is 11.7.